The van der Waals surface area contributed by atoms with Crippen molar-refractivity contribution in [3.05, 3.63) is 43.6 Å². The minimum atomic E-state index is -0.234. The van der Waals surface area contributed by atoms with E-state index in [0.29, 0.717) is 10.6 Å². The molecule has 142 valence electrons. The van der Waals surface area contributed by atoms with Gasteiger partial charge in [0, 0.05) is 16.0 Å². The molecule has 26 heavy (non-hydrogen) atoms. The normalized spacial score (nSPS) is 12.5. The predicted octanol–water partition coefficient (Wildman–Crippen LogP) is 8.15. The van der Waals surface area contributed by atoms with Gasteiger partial charge in [0.2, 0.25) is 0 Å². The summed E-state index contributed by atoms with van der Waals surface area (Å²) in [5.74, 6) is 0.317. The smallest absolute Gasteiger partial charge is 0.150 e. The topological polar surface area (TPSA) is 33.1 Å². The molecule has 1 aromatic carbocycles. The fraction of sp³-hybridized carbons (Fsp3) is 0.421. The van der Waals surface area contributed by atoms with Gasteiger partial charge in [-0.1, -0.05) is 99.7 Å². The van der Waals surface area contributed by atoms with Gasteiger partial charge in [0.1, 0.15) is 5.75 Å². The molecule has 0 radical (unpaired) electrons. The molecule has 0 unspecified atom stereocenters. The van der Waals surface area contributed by atoms with Crippen LogP contribution >= 0.6 is 58.2 Å². The van der Waals surface area contributed by atoms with Crippen LogP contribution in [0.3, 0.4) is 0 Å². The lowest BCUT2D eigenvalue weighted by atomic mass is 9.79. The highest BCUT2D eigenvalue weighted by molar-refractivity contribution is 7.99. The lowest BCUT2D eigenvalue weighted by molar-refractivity contribution is 0.422. The molecule has 2 nitrogen and oxygen atoms in total. The first-order chi connectivity index (χ1) is 11.7. The van der Waals surface area contributed by atoms with E-state index in [4.69, 9.17) is 46.4 Å². The summed E-state index contributed by atoms with van der Waals surface area (Å²) in [7, 11) is 0. The third-order valence-corrected chi connectivity index (χ3v) is 6.66. The molecule has 7 heteroatoms. The molecule has 0 saturated heterocycles. The van der Waals surface area contributed by atoms with E-state index in [1.54, 1.807) is 0 Å². The van der Waals surface area contributed by atoms with Crippen molar-refractivity contribution in [2.75, 3.05) is 0 Å². The van der Waals surface area contributed by atoms with E-state index in [2.05, 4.69) is 46.5 Å². The maximum Gasteiger partial charge on any atom is 0.150 e. The molecule has 0 fully saturated rings. The Bertz CT molecular complexity index is 793. The molecule has 0 bridgehead atoms. The van der Waals surface area contributed by atoms with Crippen molar-refractivity contribution in [1.29, 1.82) is 0 Å². The summed E-state index contributed by atoms with van der Waals surface area (Å²) in [6.07, 6.45) is 0. The number of hydrogen-bond donors (Lipinski definition) is 1. The second-order valence-electron chi connectivity index (χ2n) is 8.12. The summed E-state index contributed by atoms with van der Waals surface area (Å²) >= 11 is 26.1. The molecule has 1 N–H and O–H groups in total. The van der Waals surface area contributed by atoms with Gasteiger partial charge in [-0.05, 0) is 23.0 Å². The molecule has 0 aliphatic rings. The van der Waals surface area contributed by atoms with Gasteiger partial charge in [-0.15, -0.1) is 0 Å². The third-order valence-electron chi connectivity index (χ3n) is 3.88. The lowest BCUT2D eigenvalue weighted by Crippen LogP contribution is -2.17. The second kappa shape index (κ2) is 7.60. The van der Waals surface area contributed by atoms with E-state index in [1.807, 2.05) is 12.1 Å². The van der Waals surface area contributed by atoms with Gasteiger partial charge in [0.05, 0.1) is 14.9 Å². The Morgan fingerprint density at radius 1 is 0.808 bits per heavy atom. The van der Waals surface area contributed by atoms with Crippen LogP contribution in [-0.4, -0.2) is 10.1 Å². The molecule has 2 rings (SSSR count). The highest BCUT2D eigenvalue weighted by Crippen LogP contribution is 2.47. The molecular weight excluding hydrogens is 432 g/mol. The number of benzene rings is 1. The molecule has 0 spiro atoms. The van der Waals surface area contributed by atoms with Gasteiger partial charge >= 0.3 is 0 Å². The second-order valence-corrected chi connectivity index (χ2v) is 10.7. The van der Waals surface area contributed by atoms with Crippen LogP contribution in [0.4, 0.5) is 0 Å². The first kappa shape index (κ1) is 22.0. The third kappa shape index (κ3) is 4.56. The molecule has 2 aromatic rings. The number of rotatable bonds is 2. The molecule has 0 atom stereocenters. The number of halogens is 4. The van der Waals surface area contributed by atoms with Gasteiger partial charge in [-0.2, -0.15) is 0 Å². The van der Waals surface area contributed by atoms with Crippen LogP contribution in [0.25, 0.3) is 0 Å². The van der Waals surface area contributed by atoms with Gasteiger partial charge in [-0.25, -0.2) is 4.98 Å². The average molecular weight is 453 g/mol. The molecule has 1 aromatic heterocycles. The minimum Gasteiger partial charge on any atom is -0.507 e. The van der Waals surface area contributed by atoms with Crippen molar-refractivity contribution < 1.29 is 5.11 Å². The summed E-state index contributed by atoms with van der Waals surface area (Å²) in [6.45, 7) is 12.4. The van der Waals surface area contributed by atoms with Crippen molar-refractivity contribution in [3.63, 3.8) is 0 Å². The summed E-state index contributed by atoms with van der Waals surface area (Å²) < 4.78 is 0. The minimum absolute atomic E-state index is 0.106. The zero-order chi connectivity index (χ0) is 20.0. The maximum absolute atomic E-state index is 10.8. The number of phenols is 1. The number of aromatic nitrogens is 1. The molecule has 0 aliphatic carbocycles. The zero-order valence-corrected chi connectivity index (χ0v) is 19.3. The van der Waals surface area contributed by atoms with Crippen LogP contribution in [-0.2, 0) is 10.8 Å². The Hall–Kier alpha value is -0.320. The number of aromatic hydroxyl groups is 1. The highest BCUT2D eigenvalue weighted by atomic mass is 35.5. The van der Waals surface area contributed by atoms with Crippen LogP contribution in [0, 0.1) is 0 Å². The fourth-order valence-electron chi connectivity index (χ4n) is 2.49. The largest absolute Gasteiger partial charge is 0.507 e. The Balaban J connectivity index is 2.69. The maximum atomic E-state index is 10.8. The standard InChI is InChI=1S/C19H21Cl4NOS/c1-18(2,3)10-7-9(8-11(14(10)25)19(4,5)6)26-15-12(20)16(22)24-17(23)13(15)21/h7-8,25H,1-6H3. The Morgan fingerprint density at radius 2 is 1.19 bits per heavy atom. The van der Waals surface area contributed by atoms with Crippen LogP contribution in [0.1, 0.15) is 52.7 Å². The quantitative estimate of drug-likeness (QED) is 0.466. The van der Waals surface area contributed by atoms with E-state index in [9.17, 15) is 5.11 Å². The predicted molar refractivity (Wildman–Crippen MR) is 114 cm³/mol. The molecular formula is C19H21Cl4NOS. The van der Waals surface area contributed by atoms with Crippen LogP contribution in [0.5, 0.6) is 5.75 Å². The first-order valence-corrected chi connectivity index (χ1v) is 10.3. The van der Waals surface area contributed by atoms with Crippen molar-refractivity contribution in [1.82, 2.24) is 4.98 Å². The van der Waals surface area contributed by atoms with E-state index in [0.717, 1.165) is 16.0 Å². The van der Waals surface area contributed by atoms with E-state index < -0.39 is 0 Å². The van der Waals surface area contributed by atoms with E-state index in [-0.39, 0.29) is 31.2 Å². The van der Waals surface area contributed by atoms with Gasteiger partial charge in [0.25, 0.3) is 0 Å². The van der Waals surface area contributed by atoms with Crippen molar-refractivity contribution in [3.8, 4) is 5.75 Å². The van der Waals surface area contributed by atoms with E-state index >= 15 is 0 Å². The SMILES string of the molecule is CC(C)(C)c1cc(Sc2c(Cl)c(Cl)nc(Cl)c2Cl)cc(C(C)(C)C)c1O. The molecule has 0 amide bonds. The average Bonchev–Trinajstić information content (AvgIpc) is 2.48. The van der Waals surface area contributed by atoms with E-state index in [1.165, 1.54) is 11.8 Å². The highest BCUT2D eigenvalue weighted by Gasteiger charge is 2.27. The molecule has 0 aliphatic heterocycles. The Labute approximate surface area is 179 Å². The van der Waals surface area contributed by atoms with Crippen molar-refractivity contribution >= 4 is 58.2 Å². The Morgan fingerprint density at radius 3 is 1.54 bits per heavy atom. The number of phenolic OH excluding ortho intramolecular Hbond substituents is 1. The first-order valence-electron chi connectivity index (χ1n) is 7.99. The summed E-state index contributed by atoms with van der Waals surface area (Å²) in [4.78, 5) is 5.35. The monoisotopic (exact) mass is 451 g/mol. The molecule has 1 heterocycles. The van der Waals surface area contributed by atoms with Gasteiger partial charge < -0.3 is 5.11 Å². The van der Waals surface area contributed by atoms with Crippen LogP contribution < -0.4 is 0 Å². The summed E-state index contributed by atoms with van der Waals surface area (Å²) in [5, 5.41) is 11.6. The fourth-order valence-corrected chi connectivity index (χ4v) is 4.51. The van der Waals surface area contributed by atoms with Crippen LogP contribution in [0.15, 0.2) is 21.9 Å². The van der Waals surface area contributed by atoms with Gasteiger partial charge in [-0.3, -0.25) is 0 Å². The lowest BCUT2D eigenvalue weighted by Gasteiger charge is -2.28. The van der Waals surface area contributed by atoms with Gasteiger partial charge in [0.15, 0.2) is 10.3 Å². The summed E-state index contributed by atoms with van der Waals surface area (Å²) in [6, 6.07) is 3.90. The van der Waals surface area contributed by atoms with Crippen LogP contribution in [0.2, 0.25) is 20.4 Å². The summed E-state index contributed by atoms with van der Waals surface area (Å²) in [5.41, 5.74) is 1.24. The number of hydrogen-bond acceptors (Lipinski definition) is 3. The Kier molecular flexibility index (Phi) is 6.42. The number of pyridine rings is 1. The number of nitrogens with zero attached hydrogens (tertiary/aromatic N) is 1. The zero-order valence-electron chi connectivity index (χ0n) is 15.5. The molecule has 0 saturated carbocycles. The van der Waals surface area contributed by atoms with Crippen molar-refractivity contribution in [2.24, 2.45) is 0 Å². The van der Waals surface area contributed by atoms with Crippen molar-refractivity contribution in [2.45, 2.75) is 62.2 Å².